The summed E-state index contributed by atoms with van der Waals surface area (Å²) in [5, 5.41) is 21.8. The van der Waals surface area contributed by atoms with Crippen molar-refractivity contribution < 1.29 is 19.4 Å². The molecular formula is C26H35N3O4. The highest BCUT2D eigenvalue weighted by Gasteiger charge is 2.45. The van der Waals surface area contributed by atoms with Crippen molar-refractivity contribution in [1.82, 2.24) is 9.88 Å². The fraction of sp³-hybridized carbons (Fsp3) is 0.615. The topological polar surface area (TPSA) is 98.6 Å². The number of carbonyl (C=O) groups is 1. The predicted octanol–water partition coefficient (Wildman–Crippen LogP) is 3.93. The van der Waals surface area contributed by atoms with Crippen LogP contribution in [0.1, 0.15) is 56.4 Å². The highest BCUT2D eigenvalue weighted by Crippen LogP contribution is 2.44. The number of methoxy groups -OCH3 is 1. The number of nitrogens with one attached hydrogen (secondary N) is 1. The molecular weight excluding hydrogens is 418 g/mol. The molecule has 2 heterocycles. The average molecular weight is 454 g/mol. The zero-order valence-corrected chi connectivity index (χ0v) is 19.6. The lowest BCUT2D eigenvalue weighted by Crippen LogP contribution is -2.47. The van der Waals surface area contributed by atoms with Crippen LogP contribution in [0.2, 0.25) is 0 Å². The van der Waals surface area contributed by atoms with Gasteiger partial charge >= 0.3 is 5.97 Å². The van der Waals surface area contributed by atoms with Crippen molar-refractivity contribution in [2.24, 2.45) is 17.8 Å². The van der Waals surface area contributed by atoms with Gasteiger partial charge in [-0.2, -0.15) is 5.26 Å². The molecule has 0 amide bonds. The molecule has 0 bridgehead atoms. The Kier molecular flexibility index (Phi) is 7.56. The van der Waals surface area contributed by atoms with Gasteiger partial charge in [-0.05, 0) is 55.6 Å². The van der Waals surface area contributed by atoms with Crippen LogP contribution in [-0.2, 0) is 20.7 Å². The number of hydrogen-bond donors (Lipinski definition) is 2. The van der Waals surface area contributed by atoms with E-state index in [1.807, 2.05) is 17.0 Å². The number of rotatable bonds is 5. The van der Waals surface area contributed by atoms with Gasteiger partial charge in [0.1, 0.15) is 0 Å². The Balaban J connectivity index is 1.79. The van der Waals surface area contributed by atoms with Crippen LogP contribution in [0.5, 0.6) is 0 Å². The second-order valence-electron chi connectivity index (χ2n) is 9.43. The highest BCUT2D eigenvalue weighted by atomic mass is 16.5. The van der Waals surface area contributed by atoms with Crippen LogP contribution in [0.15, 0.2) is 24.3 Å². The van der Waals surface area contributed by atoms with Gasteiger partial charge in [0, 0.05) is 36.3 Å². The summed E-state index contributed by atoms with van der Waals surface area (Å²) in [7, 11) is 1.38. The molecule has 0 saturated heterocycles. The lowest BCUT2D eigenvalue weighted by Gasteiger charge is -2.42. The molecule has 2 aliphatic rings. The summed E-state index contributed by atoms with van der Waals surface area (Å²) >= 11 is 0. The van der Waals surface area contributed by atoms with E-state index in [9.17, 15) is 15.2 Å². The number of para-hydroxylation sites is 1. The third kappa shape index (κ3) is 4.87. The summed E-state index contributed by atoms with van der Waals surface area (Å²) in [4.78, 5) is 18.2. The zero-order valence-electron chi connectivity index (χ0n) is 19.6. The number of fused-ring (bicyclic) bond motifs is 4. The maximum Gasteiger partial charge on any atom is 0.311 e. The molecule has 0 spiro atoms. The van der Waals surface area contributed by atoms with E-state index in [0.29, 0.717) is 32.5 Å². The van der Waals surface area contributed by atoms with Crippen LogP contribution in [0.3, 0.4) is 0 Å². The number of nitrogens with zero attached hydrogens (tertiary/aromatic N) is 2. The van der Waals surface area contributed by atoms with Crippen molar-refractivity contribution in [1.29, 1.82) is 5.26 Å². The first-order valence-electron chi connectivity index (χ1n) is 12.2. The van der Waals surface area contributed by atoms with Crippen molar-refractivity contribution in [2.75, 3.05) is 26.8 Å². The van der Waals surface area contributed by atoms with Crippen LogP contribution in [0.4, 0.5) is 0 Å². The first-order chi connectivity index (χ1) is 16.1. The molecule has 7 nitrogen and oxygen atoms in total. The van der Waals surface area contributed by atoms with Crippen LogP contribution >= 0.6 is 0 Å². The van der Waals surface area contributed by atoms with E-state index in [4.69, 9.17) is 9.47 Å². The summed E-state index contributed by atoms with van der Waals surface area (Å²) in [5.41, 5.74) is 3.27. The third-order valence-corrected chi connectivity index (χ3v) is 7.49. The van der Waals surface area contributed by atoms with Gasteiger partial charge < -0.3 is 24.5 Å². The number of aliphatic hydroxyl groups is 1. The van der Waals surface area contributed by atoms with E-state index >= 15 is 0 Å². The molecule has 1 aliphatic carbocycles. The first kappa shape index (κ1) is 23.6. The Hall–Kier alpha value is -2.56. The molecule has 7 heteroatoms. The number of aliphatic hydroxyl groups excluding tert-OH is 1. The Bertz CT molecular complexity index is 997. The summed E-state index contributed by atoms with van der Waals surface area (Å²) in [6.45, 7) is 3.98. The molecule has 1 aromatic heterocycles. The highest BCUT2D eigenvalue weighted by molar-refractivity contribution is 5.84. The summed E-state index contributed by atoms with van der Waals surface area (Å²) in [6.07, 6.45) is 6.08. The summed E-state index contributed by atoms with van der Waals surface area (Å²) in [6, 6.07) is 8.23. The average Bonchev–Trinajstić information content (AvgIpc) is 3.20. The van der Waals surface area contributed by atoms with Gasteiger partial charge in [0.05, 0.1) is 25.2 Å². The van der Waals surface area contributed by atoms with Crippen molar-refractivity contribution in [3.8, 4) is 6.19 Å². The maximum atomic E-state index is 12.8. The van der Waals surface area contributed by atoms with E-state index in [0.717, 1.165) is 42.3 Å². The number of unbranched alkanes of at least 4 members (excludes halogenated alkanes) is 1. The summed E-state index contributed by atoms with van der Waals surface area (Å²) in [5.74, 6) is -1.01. The van der Waals surface area contributed by atoms with Gasteiger partial charge in [-0.15, -0.1) is 0 Å². The molecule has 2 aromatic rings. The fourth-order valence-electron chi connectivity index (χ4n) is 5.75. The third-order valence-electron chi connectivity index (χ3n) is 7.49. The number of hydrogen-bond acceptors (Lipinski definition) is 6. The lowest BCUT2D eigenvalue weighted by molar-refractivity contribution is -0.158. The number of esters is 1. The zero-order chi connectivity index (χ0) is 23.4. The number of ether oxygens (including phenoxy) is 2. The van der Waals surface area contributed by atoms with Gasteiger partial charge in [-0.1, -0.05) is 31.5 Å². The monoisotopic (exact) mass is 453 g/mol. The molecule has 4 rings (SSSR count). The van der Waals surface area contributed by atoms with Gasteiger partial charge in [0.25, 0.3) is 0 Å². The number of aromatic nitrogens is 1. The Labute approximate surface area is 195 Å². The molecule has 1 saturated carbocycles. The van der Waals surface area contributed by atoms with Crippen molar-refractivity contribution in [3.63, 3.8) is 0 Å². The van der Waals surface area contributed by atoms with E-state index in [-0.39, 0.29) is 23.9 Å². The predicted molar refractivity (Wildman–Crippen MR) is 125 cm³/mol. The van der Waals surface area contributed by atoms with Gasteiger partial charge in [-0.25, -0.2) is 0 Å². The van der Waals surface area contributed by atoms with Gasteiger partial charge in [0.15, 0.2) is 6.19 Å². The Morgan fingerprint density at radius 3 is 2.91 bits per heavy atom. The van der Waals surface area contributed by atoms with Gasteiger partial charge in [0.2, 0.25) is 0 Å². The number of nitriles is 1. The normalized spacial score (nSPS) is 27.9. The SMILES string of the molecule is CCCCO[C@H]1C[C@H]2[C@@H](CC[C@H](O)[C@@H]2C(=O)OC)CN(C#N)CCc2c1[nH]c1ccccc21. The molecule has 178 valence electrons. The van der Waals surface area contributed by atoms with Crippen molar-refractivity contribution >= 4 is 16.9 Å². The number of H-pyrrole nitrogens is 1. The second-order valence-corrected chi connectivity index (χ2v) is 9.43. The Morgan fingerprint density at radius 1 is 1.33 bits per heavy atom. The minimum Gasteiger partial charge on any atom is -0.469 e. The molecule has 1 fully saturated rings. The molecule has 1 aliphatic heterocycles. The molecule has 1 aromatic carbocycles. The number of aromatic amines is 1. The lowest BCUT2D eigenvalue weighted by atomic mass is 9.67. The smallest absolute Gasteiger partial charge is 0.311 e. The standard InChI is InChI=1S/C26H35N3O4/c1-3-4-13-33-23-14-20-17(9-10-22(30)24(20)26(31)32-2)15-29(16-27)12-11-19-18-7-5-6-8-21(18)28-25(19)23/h5-8,17,20,22-24,28,30H,3-4,9-15H2,1-2H3/t17-,20-,22-,23-,24+/m0/s1. The van der Waals surface area contributed by atoms with Crippen LogP contribution in [-0.4, -0.2) is 53.9 Å². The minimum absolute atomic E-state index is 0.111. The second kappa shape index (κ2) is 10.6. The van der Waals surface area contributed by atoms with E-state index in [1.54, 1.807) is 0 Å². The maximum absolute atomic E-state index is 12.8. The van der Waals surface area contributed by atoms with E-state index < -0.39 is 12.0 Å². The molecule has 5 atom stereocenters. The van der Waals surface area contributed by atoms with Gasteiger partial charge in [-0.3, -0.25) is 4.79 Å². The van der Waals surface area contributed by atoms with Crippen LogP contribution in [0.25, 0.3) is 10.9 Å². The Morgan fingerprint density at radius 2 is 2.15 bits per heavy atom. The quantitative estimate of drug-likeness (QED) is 0.404. The van der Waals surface area contributed by atoms with Crippen molar-refractivity contribution in [3.05, 3.63) is 35.5 Å². The molecule has 2 N–H and O–H groups in total. The number of benzene rings is 1. The molecule has 0 radical (unpaired) electrons. The van der Waals surface area contributed by atoms with Crippen LogP contribution < -0.4 is 0 Å². The first-order valence-corrected chi connectivity index (χ1v) is 12.2. The molecule has 0 unspecified atom stereocenters. The number of carbonyl (C=O) groups excluding carboxylic acids is 1. The fourth-order valence-corrected chi connectivity index (χ4v) is 5.75. The van der Waals surface area contributed by atoms with E-state index in [1.165, 1.54) is 12.7 Å². The van der Waals surface area contributed by atoms with Crippen LogP contribution in [0, 0.1) is 29.2 Å². The van der Waals surface area contributed by atoms with Crippen molar-refractivity contribution in [2.45, 2.75) is 57.7 Å². The van der Waals surface area contributed by atoms with E-state index in [2.05, 4.69) is 30.2 Å². The molecule has 33 heavy (non-hydrogen) atoms. The minimum atomic E-state index is -0.740. The largest absolute Gasteiger partial charge is 0.469 e. The summed E-state index contributed by atoms with van der Waals surface area (Å²) < 4.78 is 11.6.